The van der Waals surface area contributed by atoms with Crippen LogP contribution in [0.3, 0.4) is 0 Å². The molecule has 0 fully saturated rings. The SMILES string of the molecule is COc1ccc(S(=O)(=O)Nc2ccccc2C(=O)NCc2ccccc2)cc1OC. The number of benzene rings is 3. The van der Waals surface area contributed by atoms with E-state index in [1.807, 2.05) is 30.3 Å². The van der Waals surface area contributed by atoms with E-state index < -0.39 is 10.0 Å². The van der Waals surface area contributed by atoms with Gasteiger partial charge in [-0.2, -0.15) is 0 Å². The van der Waals surface area contributed by atoms with E-state index in [0.29, 0.717) is 12.3 Å². The van der Waals surface area contributed by atoms with Crippen LogP contribution in [0.15, 0.2) is 77.7 Å². The fourth-order valence-electron chi connectivity index (χ4n) is 2.83. The number of ether oxygens (including phenoxy) is 2. The van der Waals surface area contributed by atoms with Crippen molar-refractivity contribution in [3.8, 4) is 11.5 Å². The molecule has 0 spiro atoms. The Hall–Kier alpha value is -3.52. The molecule has 1 amide bonds. The maximum Gasteiger partial charge on any atom is 0.262 e. The summed E-state index contributed by atoms with van der Waals surface area (Å²) in [4.78, 5) is 12.6. The number of carbonyl (C=O) groups excluding carboxylic acids is 1. The quantitative estimate of drug-likeness (QED) is 0.576. The van der Waals surface area contributed by atoms with Gasteiger partial charge in [0, 0.05) is 12.6 Å². The standard InChI is InChI=1S/C22H22N2O5S/c1-28-20-13-12-17(14-21(20)29-2)30(26,27)24-19-11-7-6-10-18(19)22(25)23-15-16-8-4-3-5-9-16/h3-14,24H,15H2,1-2H3,(H,23,25). The molecule has 30 heavy (non-hydrogen) atoms. The summed E-state index contributed by atoms with van der Waals surface area (Å²) in [6.07, 6.45) is 0. The summed E-state index contributed by atoms with van der Waals surface area (Å²) in [6.45, 7) is 0.330. The number of amides is 1. The smallest absolute Gasteiger partial charge is 0.262 e. The molecule has 0 aliphatic heterocycles. The van der Waals surface area contributed by atoms with Gasteiger partial charge in [-0.15, -0.1) is 0 Å². The largest absolute Gasteiger partial charge is 0.493 e. The highest BCUT2D eigenvalue weighted by Crippen LogP contribution is 2.30. The zero-order chi connectivity index (χ0) is 21.6. The Kier molecular flexibility index (Phi) is 6.58. The first-order chi connectivity index (χ1) is 14.4. The van der Waals surface area contributed by atoms with Crippen LogP contribution in [-0.2, 0) is 16.6 Å². The molecule has 0 bridgehead atoms. The lowest BCUT2D eigenvalue weighted by atomic mass is 10.1. The van der Waals surface area contributed by atoms with Gasteiger partial charge in [-0.05, 0) is 29.8 Å². The lowest BCUT2D eigenvalue weighted by Crippen LogP contribution is -2.25. The molecule has 156 valence electrons. The number of methoxy groups -OCH3 is 2. The maximum atomic E-state index is 12.9. The number of rotatable bonds is 8. The first kappa shape index (κ1) is 21.2. The first-order valence-corrected chi connectivity index (χ1v) is 10.6. The summed E-state index contributed by atoms with van der Waals surface area (Å²) >= 11 is 0. The molecule has 3 rings (SSSR count). The normalized spacial score (nSPS) is 10.9. The molecule has 7 nitrogen and oxygen atoms in total. The summed E-state index contributed by atoms with van der Waals surface area (Å²) in [5.41, 5.74) is 1.34. The third-order valence-corrected chi connectivity index (χ3v) is 5.74. The van der Waals surface area contributed by atoms with E-state index in [4.69, 9.17) is 9.47 Å². The molecule has 0 aliphatic carbocycles. The van der Waals surface area contributed by atoms with E-state index in [1.54, 1.807) is 18.2 Å². The summed E-state index contributed by atoms with van der Waals surface area (Å²) < 4.78 is 38.6. The maximum absolute atomic E-state index is 12.9. The molecular formula is C22H22N2O5S. The molecular weight excluding hydrogens is 404 g/mol. The number of nitrogens with one attached hydrogen (secondary N) is 2. The van der Waals surface area contributed by atoms with Crippen molar-refractivity contribution < 1.29 is 22.7 Å². The Balaban J connectivity index is 1.82. The van der Waals surface area contributed by atoms with E-state index in [9.17, 15) is 13.2 Å². The Bertz CT molecular complexity index is 1130. The zero-order valence-corrected chi connectivity index (χ0v) is 17.4. The predicted molar refractivity (Wildman–Crippen MR) is 114 cm³/mol. The van der Waals surface area contributed by atoms with E-state index in [-0.39, 0.29) is 27.8 Å². The van der Waals surface area contributed by atoms with Crippen molar-refractivity contribution in [3.05, 3.63) is 83.9 Å². The second kappa shape index (κ2) is 9.32. The molecule has 0 heterocycles. The van der Waals surface area contributed by atoms with Crippen molar-refractivity contribution in [1.29, 1.82) is 0 Å². The topological polar surface area (TPSA) is 93.7 Å². The van der Waals surface area contributed by atoms with Gasteiger partial charge >= 0.3 is 0 Å². The molecule has 0 aromatic heterocycles. The number of carbonyl (C=O) groups is 1. The van der Waals surface area contributed by atoms with Gasteiger partial charge in [-0.25, -0.2) is 8.42 Å². The van der Waals surface area contributed by atoms with Crippen LogP contribution in [0.2, 0.25) is 0 Å². The van der Waals surface area contributed by atoms with Gasteiger partial charge in [0.2, 0.25) is 0 Å². The van der Waals surface area contributed by atoms with Gasteiger partial charge in [-0.1, -0.05) is 42.5 Å². The Morgan fingerprint density at radius 1 is 0.867 bits per heavy atom. The van der Waals surface area contributed by atoms with Crippen LogP contribution < -0.4 is 19.5 Å². The van der Waals surface area contributed by atoms with Crippen LogP contribution in [0.4, 0.5) is 5.69 Å². The van der Waals surface area contributed by atoms with Crippen molar-refractivity contribution in [2.75, 3.05) is 18.9 Å². The molecule has 0 radical (unpaired) electrons. The highest BCUT2D eigenvalue weighted by atomic mass is 32.2. The predicted octanol–water partition coefficient (Wildman–Crippen LogP) is 3.43. The molecule has 0 saturated carbocycles. The van der Waals surface area contributed by atoms with E-state index in [0.717, 1.165) is 5.56 Å². The van der Waals surface area contributed by atoms with Crippen LogP contribution in [0.5, 0.6) is 11.5 Å². The van der Waals surface area contributed by atoms with Gasteiger partial charge in [0.25, 0.3) is 15.9 Å². The Morgan fingerprint density at radius 3 is 2.23 bits per heavy atom. The molecule has 0 saturated heterocycles. The summed E-state index contributed by atoms with van der Waals surface area (Å²) in [5, 5.41) is 2.80. The molecule has 0 unspecified atom stereocenters. The van der Waals surface area contributed by atoms with Crippen molar-refractivity contribution in [2.45, 2.75) is 11.4 Å². The second-order valence-electron chi connectivity index (χ2n) is 6.34. The van der Waals surface area contributed by atoms with Crippen LogP contribution in [-0.4, -0.2) is 28.5 Å². The van der Waals surface area contributed by atoms with E-state index in [2.05, 4.69) is 10.0 Å². The lowest BCUT2D eigenvalue weighted by Gasteiger charge is -2.14. The van der Waals surface area contributed by atoms with E-state index >= 15 is 0 Å². The minimum Gasteiger partial charge on any atom is -0.493 e. The molecule has 2 N–H and O–H groups in total. The highest BCUT2D eigenvalue weighted by molar-refractivity contribution is 7.92. The fraction of sp³-hybridized carbons (Fsp3) is 0.136. The summed E-state index contributed by atoms with van der Waals surface area (Å²) in [7, 11) is -1.07. The van der Waals surface area contributed by atoms with Gasteiger partial charge in [0.05, 0.1) is 30.4 Å². The van der Waals surface area contributed by atoms with E-state index in [1.165, 1.54) is 38.5 Å². The van der Waals surface area contributed by atoms with Crippen molar-refractivity contribution in [3.63, 3.8) is 0 Å². The minimum absolute atomic E-state index is 0.0142. The molecule has 3 aromatic rings. The molecule has 3 aromatic carbocycles. The fourth-order valence-corrected chi connectivity index (χ4v) is 3.93. The number of anilines is 1. The van der Waals surface area contributed by atoms with Crippen LogP contribution in [0.1, 0.15) is 15.9 Å². The monoisotopic (exact) mass is 426 g/mol. The zero-order valence-electron chi connectivity index (χ0n) is 16.6. The number of hydrogen-bond donors (Lipinski definition) is 2. The van der Waals surface area contributed by atoms with Crippen LogP contribution >= 0.6 is 0 Å². The first-order valence-electron chi connectivity index (χ1n) is 9.10. The van der Waals surface area contributed by atoms with Gasteiger partial charge in [-0.3, -0.25) is 9.52 Å². The van der Waals surface area contributed by atoms with Crippen LogP contribution in [0, 0.1) is 0 Å². The number of hydrogen-bond acceptors (Lipinski definition) is 5. The number of para-hydroxylation sites is 1. The third kappa shape index (κ3) is 4.90. The number of sulfonamides is 1. The summed E-state index contributed by atoms with van der Waals surface area (Å²) in [5.74, 6) is 0.316. The van der Waals surface area contributed by atoms with Crippen molar-refractivity contribution >= 4 is 21.6 Å². The van der Waals surface area contributed by atoms with Crippen LogP contribution in [0.25, 0.3) is 0 Å². The lowest BCUT2D eigenvalue weighted by molar-refractivity contribution is 0.0952. The third-order valence-electron chi connectivity index (χ3n) is 4.38. The Morgan fingerprint density at radius 2 is 1.53 bits per heavy atom. The van der Waals surface area contributed by atoms with Gasteiger partial charge in [0.15, 0.2) is 11.5 Å². The second-order valence-corrected chi connectivity index (χ2v) is 8.02. The van der Waals surface area contributed by atoms with Gasteiger partial charge in [0.1, 0.15) is 0 Å². The molecule has 0 atom stereocenters. The Labute approximate surface area is 175 Å². The average Bonchev–Trinajstić information content (AvgIpc) is 2.77. The average molecular weight is 426 g/mol. The minimum atomic E-state index is -3.96. The molecule has 8 heteroatoms. The van der Waals surface area contributed by atoms with Gasteiger partial charge < -0.3 is 14.8 Å². The highest BCUT2D eigenvalue weighted by Gasteiger charge is 2.20. The summed E-state index contributed by atoms with van der Waals surface area (Å²) in [6, 6.07) is 20.1. The van der Waals surface area contributed by atoms with Crippen molar-refractivity contribution in [1.82, 2.24) is 5.32 Å². The van der Waals surface area contributed by atoms with Crippen molar-refractivity contribution in [2.24, 2.45) is 0 Å². The molecule has 0 aliphatic rings.